The Morgan fingerprint density at radius 1 is 0.906 bits per heavy atom. The number of hydrogen-bond acceptors (Lipinski definition) is 5. The fourth-order valence-corrected chi connectivity index (χ4v) is 4.31. The Morgan fingerprint density at radius 2 is 1.53 bits per heavy atom. The third kappa shape index (κ3) is 5.81. The van der Waals surface area contributed by atoms with E-state index in [1.165, 1.54) is 25.3 Å². The number of carbonyl (C=O) groups excluding carboxylic acids is 2. The number of hydrogen-bond donors (Lipinski definition) is 2. The van der Waals surface area contributed by atoms with E-state index in [0.29, 0.717) is 0 Å². The largest absolute Gasteiger partial charge is 0.465 e. The molecule has 7 nitrogen and oxygen atoms in total. The molecule has 0 bridgehead atoms. The number of anilines is 1. The van der Waals surface area contributed by atoms with Crippen molar-refractivity contribution in [3.8, 4) is 0 Å². The van der Waals surface area contributed by atoms with Crippen LogP contribution in [0.3, 0.4) is 0 Å². The van der Waals surface area contributed by atoms with Crippen molar-refractivity contribution in [2.75, 3.05) is 12.4 Å². The molecule has 3 aromatic carbocycles. The van der Waals surface area contributed by atoms with Crippen LogP contribution in [-0.2, 0) is 26.0 Å². The Labute approximate surface area is 187 Å². The lowest BCUT2D eigenvalue weighted by molar-refractivity contribution is -0.117. The van der Waals surface area contributed by atoms with Crippen LogP contribution >= 0.6 is 0 Å². The molecular formula is C24H24N2O5S. The molecule has 0 saturated carbocycles. The maximum absolute atomic E-state index is 13.2. The normalized spacial score (nSPS) is 12.1. The van der Waals surface area contributed by atoms with Gasteiger partial charge in [0.1, 0.15) is 6.04 Å². The first-order valence-electron chi connectivity index (χ1n) is 9.91. The molecule has 0 aliphatic carbocycles. The fourth-order valence-electron chi connectivity index (χ4n) is 3.11. The van der Waals surface area contributed by atoms with Crippen molar-refractivity contribution in [2.24, 2.45) is 0 Å². The highest BCUT2D eigenvalue weighted by Crippen LogP contribution is 2.18. The number of nitrogens with one attached hydrogen (secondary N) is 2. The number of carbonyl (C=O) groups is 2. The molecule has 1 unspecified atom stereocenters. The second-order valence-corrected chi connectivity index (χ2v) is 8.92. The Balaban J connectivity index is 1.90. The molecule has 166 valence electrons. The summed E-state index contributed by atoms with van der Waals surface area (Å²) < 4.78 is 33.2. The van der Waals surface area contributed by atoms with Crippen LogP contribution in [0.15, 0.2) is 83.8 Å². The zero-order chi connectivity index (χ0) is 23.1. The first-order chi connectivity index (χ1) is 15.3. The van der Waals surface area contributed by atoms with Gasteiger partial charge in [0, 0.05) is 0 Å². The number of aryl methyl sites for hydroxylation is 1. The van der Waals surface area contributed by atoms with Gasteiger partial charge in [-0.05, 0) is 43.2 Å². The van der Waals surface area contributed by atoms with E-state index in [1.807, 2.05) is 37.3 Å². The summed E-state index contributed by atoms with van der Waals surface area (Å²) in [5, 5.41) is 2.66. The van der Waals surface area contributed by atoms with E-state index in [-0.39, 0.29) is 22.6 Å². The first kappa shape index (κ1) is 23.2. The summed E-state index contributed by atoms with van der Waals surface area (Å²) in [4.78, 5) is 25.2. The maximum atomic E-state index is 13.2. The van der Waals surface area contributed by atoms with Gasteiger partial charge < -0.3 is 10.1 Å². The topological polar surface area (TPSA) is 102 Å². The number of methoxy groups -OCH3 is 1. The summed E-state index contributed by atoms with van der Waals surface area (Å²) in [6, 6.07) is 20.7. The standard InChI is InChI=1S/C24H24N2O5S/c1-17-12-14-19(15-13-17)32(29,30)26-22(16-18-8-4-3-5-9-18)23(27)25-21-11-7-6-10-20(21)24(28)31-2/h3-15,22,26H,16H2,1-2H3,(H,25,27). The van der Waals surface area contributed by atoms with Crippen molar-refractivity contribution >= 4 is 27.6 Å². The van der Waals surface area contributed by atoms with Gasteiger partial charge in [-0.1, -0.05) is 60.2 Å². The van der Waals surface area contributed by atoms with Crippen molar-refractivity contribution in [1.82, 2.24) is 4.72 Å². The Bertz CT molecular complexity index is 1190. The van der Waals surface area contributed by atoms with Crippen LogP contribution in [0, 0.1) is 6.92 Å². The number of rotatable bonds is 8. The number of amides is 1. The molecule has 0 aliphatic rings. The van der Waals surface area contributed by atoms with E-state index in [4.69, 9.17) is 4.74 Å². The molecule has 0 fully saturated rings. The Hall–Kier alpha value is -3.49. The average Bonchev–Trinajstić information content (AvgIpc) is 2.79. The van der Waals surface area contributed by atoms with Gasteiger partial charge in [-0.25, -0.2) is 13.2 Å². The maximum Gasteiger partial charge on any atom is 0.339 e. The molecule has 0 saturated heterocycles. The van der Waals surface area contributed by atoms with Crippen LogP contribution in [0.5, 0.6) is 0 Å². The highest BCUT2D eigenvalue weighted by Gasteiger charge is 2.27. The highest BCUT2D eigenvalue weighted by atomic mass is 32.2. The van der Waals surface area contributed by atoms with Crippen LogP contribution in [0.25, 0.3) is 0 Å². The van der Waals surface area contributed by atoms with Crippen LogP contribution in [-0.4, -0.2) is 33.4 Å². The van der Waals surface area contributed by atoms with E-state index < -0.39 is 27.9 Å². The summed E-state index contributed by atoms with van der Waals surface area (Å²) in [5.41, 5.74) is 2.10. The highest BCUT2D eigenvalue weighted by molar-refractivity contribution is 7.89. The lowest BCUT2D eigenvalue weighted by Crippen LogP contribution is -2.45. The van der Waals surface area contributed by atoms with Gasteiger partial charge in [-0.15, -0.1) is 0 Å². The van der Waals surface area contributed by atoms with Crippen molar-refractivity contribution in [2.45, 2.75) is 24.3 Å². The van der Waals surface area contributed by atoms with Gasteiger partial charge in [0.25, 0.3) is 0 Å². The number of sulfonamides is 1. The van der Waals surface area contributed by atoms with Gasteiger partial charge >= 0.3 is 5.97 Å². The van der Waals surface area contributed by atoms with Gasteiger partial charge in [-0.2, -0.15) is 4.72 Å². The molecular weight excluding hydrogens is 428 g/mol. The summed E-state index contributed by atoms with van der Waals surface area (Å²) in [5.74, 6) is -1.21. The molecule has 0 heterocycles. The van der Waals surface area contributed by atoms with E-state index in [2.05, 4.69) is 10.0 Å². The quantitative estimate of drug-likeness (QED) is 0.511. The van der Waals surface area contributed by atoms with Crippen LogP contribution < -0.4 is 10.0 Å². The van der Waals surface area contributed by atoms with Crippen LogP contribution in [0.1, 0.15) is 21.5 Å². The summed E-state index contributed by atoms with van der Waals surface area (Å²) in [7, 11) is -2.72. The predicted octanol–water partition coefficient (Wildman–Crippen LogP) is 3.31. The average molecular weight is 453 g/mol. The first-order valence-corrected chi connectivity index (χ1v) is 11.4. The molecule has 0 aliphatic heterocycles. The van der Waals surface area contributed by atoms with E-state index in [0.717, 1.165) is 11.1 Å². The minimum Gasteiger partial charge on any atom is -0.465 e. The predicted molar refractivity (Wildman–Crippen MR) is 122 cm³/mol. The zero-order valence-electron chi connectivity index (χ0n) is 17.7. The van der Waals surface area contributed by atoms with Crippen molar-refractivity contribution < 1.29 is 22.7 Å². The monoisotopic (exact) mass is 452 g/mol. The molecule has 0 aromatic heterocycles. The third-order valence-electron chi connectivity index (χ3n) is 4.82. The second-order valence-electron chi connectivity index (χ2n) is 7.20. The van der Waals surface area contributed by atoms with Gasteiger partial charge in [0.15, 0.2) is 0 Å². The second kappa shape index (κ2) is 10.2. The fraction of sp³-hybridized carbons (Fsp3) is 0.167. The number of ether oxygens (including phenoxy) is 1. The Kier molecular flexibility index (Phi) is 7.40. The molecule has 3 rings (SSSR count). The van der Waals surface area contributed by atoms with Gasteiger partial charge in [0.05, 0.1) is 23.3 Å². The smallest absolute Gasteiger partial charge is 0.339 e. The molecule has 32 heavy (non-hydrogen) atoms. The lowest BCUT2D eigenvalue weighted by Gasteiger charge is -2.20. The summed E-state index contributed by atoms with van der Waals surface area (Å²) in [6.45, 7) is 1.86. The van der Waals surface area contributed by atoms with Crippen LogP contribution in [0.4, 0.5) is 5.69 Å². The van der Waals surface area contributed by atoms with E-state index >= 15 is 0 Å². The number of esters is 1. The van der Waals surface area contributed by atoms with E-state index in [1.54, 1.807) is 30.3 Å². The molecule has 0 radical (unpaired) electrons. The lowest BCUT2D eigenvalue weighted by atomic mass is 10.1. The SMILES string of the molecule is COC(=O)c1ccccc1NC(=O)C(Cc1ccccc1)NS(=O)(=O)c1ccc(C)cc1. The number of para-hydroxylation sites is 1. The van der Waals surface area contributed by atoms with Crippen molar-refractivity contribution in [1.29, 1.82) is 0 Å². The van der Waals surface area contributed by atoms with Crippen LogP contribution in [0.2, 0.25) is 0 Å². The summed E-state index contributed by atoms with van der Waals surface area (Å²) in [6.07, 6.45) is 0.123. The molecule has 2 N–H and O–H groups in total. The minimum absolute atomic E-state index is 0.0592. The molecule has 3 aromatic rings. The van der Waals surface area contributed by atoms with Gasteiger partial charge in [0.2, 0.25) is 15.9 Å². The van der Waals surface area contributed by atoms with Crippen molar-refractivity contribution in [3.05, 3.63) is 95.6 Å². The molecule has 1 atom stereocenters. The minimum atomic E-state index is -3.97. The molecule has 1 amide bonds. The molecule has 8 heteroatoms. The van der Waals surface area contributed by atoms with E-state index in [9.17, 15) is 18.0 Å². The summed E-state index contributed by atoms with van der Waals surface area (Å²) >= 11 is 0. The Morgan fingerprint density at radius 3 is 2.19 bits per heavy atom. The zero-order valence-corrected chi connectivity index (χ0v) is 18.6. The molecule has 0 spiro atoms. The number of benzene rings is 3. The van der Waals surface area contributed by atoms with Crippen molar-refractivity contribution in [3.63, 3.8) is 0 Å². The third-order valence-corrected chi connectivity index (χ3v) is 6.31. The van der Waals surface area contributed by atoms with Gasteiger partial charge in [-0.3, -0.25) is 4.79 Å².